The minimum Gasteiger partial charge on any atom is -0.378 e. The maximum Gasteiger partial charge on any atom is 0.248 e. The SMILES string of the molecule is CCn1c(S[C@@H](C)C(=O)Nc2ccc(C(N)=O)cc2)nnc1N1CCOCC1. The summed E-state index contributed by atoms with van der Waals surface area (Å²) in [4.78, 5) is 25.8. The number of carbonyl (C=O) groups is 2. The number of hydrogen-bond donors (Lipinski definition) is 2. The second-order valence-corrected chi connectivity index (χ2v) is 7.63. The van der Waals surface area contributed by atoms with Gasteiger partial charge in [0.05, 0.1) is 18.5 Å². The number of primary amides is 1. The Kier molecular flexibility index (Phi) is 6.53. The van der Waals surface area contributed by atoms with E-state index >= 15 is 0 Å². The number of nitrogens with zero attached hydrogens (tertiary/aromatic N) is 4. The minimum atomic E-state index is -0.503. The summed E-state index contributed by atoms with van der Waals surface area (Å²) in [5, 5.41) is 11.8. The number of benzene rings is 1. The lowest BCUT2D eigenvalue weighted by Gasteiger charge is -2.27. The van der Waals surface area contributed by atoms with Crippen LogP contribution in [-0.2, 0) is 16.1 Å². The Labute approximate surface area is 167 Å². The van der Waals surface area contributed by atoms with Gasteiger partial charge >= 0.3 is 0 Å². The number of ether oxygens (including phenoxy) is 1. The predicted molar refractivity (Wildman–Crippen MR) is 108 cm³/mol. The molecular formula is C18H24N6O3S. The third kappa shape index (κ3) is 4.63. The Morgan fingerprint density at radius 1 is 1.25 bits per heavy atom. The number of carbonyl (C=O) groups excluding carboxylic acids is 2. The van der Waals surface area contributed by atoms with Crippen LogP contribution in [0.3, 0.4) is 0 Å². The summed E-state index contributed by atoms with van der Waals surface area (Å²) < 4.78 is 7.41. The van der Waals surface area contributed by atoms with Gasteiger partial charge in [-0.3, -0.25) is 14.2 Å². The molecule has 2 amide bonds. The van der Waals surface area contributed by atoms with Gasteiger partial charge in [0.2, 0.25) is 17.8 Å². The lowest BCUT2D eigenvalue weighted by Crippen LogP contribution is -2.38. The lowest BCUT2D eigenvalue weighted by atomic mass is 10.2. The van der Waals surface area contributed by atoms with Crippen LogP contribution in [0.1, 0.15) is 24.2 Å². The van der Waals surface area contributed by atoms with Crippen molar-refractivity contribution in [2.75, 3.05) is 36.5 Å². The van der Waals surface area contributed by atoms with Crippen molar-refractivity contribution in [1.82, 2.24) is 14.8 Å². The van der Waals surface area contributed by atoms with Crippen molar-refractivity contribution in [3.05, 3.63) is 29.8 Å². The quantitative estimate of drug-likeness (QED) is 0.669. The molecule has 150 valence electrons. The van der Waals surface area contributed by atoms with Gasteiger partial charge in [-0.15, -0.1) is 10.2 Å². The largest absolute Gasteiger partial charge is 0.378 e. The van der Waals surface area contributed by atoms with Gasteiger partial charge in [-0.1, -0.05) is 11.8 Å². The Bertz CT molecular complexity index is 832. The molecule has 1 aliphatic heterocycles. The van der Waals surface area contributed by atoms with Crippen molar-refractivity contribution in [1.29, 1.82) is 0 Å². The highest BCUT2D eigenvalue weighted by Crippen LogP contribution is 2.26. The number of rotatable bonds is 7. The summed E-state index contributed by atoms with van der Waals surface area (Å²) in [6, 6.07) is 6.47. The van der Waals surface area contributed by atoms with E-state index in [2.05, 4.69) is 20.4 Å². The molecule has 0 radical (unpaired) electrons. The molecule has 1 fully saturated rings. The van der Waals surface area contributed by atoms with E-state index in [1.165, 1.54) is 11.8 Å². The van der Waals surface area contributed by atoms with Crippen LogP contribution < -0.4 is 16.0 Å². The van der Waals surface area contributed by atoms with Gasteiger partial charge < -0.3 is 20.7 Å². The van der Waals surface area contributed by atoms with Crippen LogP contribution in [0.4, 0.5) is 11.6 Å². The molecule has 1 saturated heterocycles. The first-order valence-corrected chi connectivity index (χ1v) is 10.0. The van der Waals surface area contributed by atoms with Gasteiger partial charge in [-0.05, 0) is 38.1 Å². The summed E-state index contributed by atoms with van der Waals surface area (Å²) in [5.41, 5.74) is 6.23. The fourth-order valence-electron chi connectivity index (χ4n) is 2.82. The van der Waals surface area contributed by atoms with Crippen LogP contribution in [0.15, 0.2) is 29.4 Å². The van der Waals surface area contributed by atoms with Gasteiger partial charge in [-0.2, -0.15) is 0 Å². The number of aromatic nitrogens is 3. The maximum atomic E-state index is 12.5. The molecule has 1 aromatic heterocycles. The van der Waals surface area contributed by atoms with Gasteiger partial charge in [0.25, 0.3) is 0 Å². The van der Waals surface area contributed by atoms with E-state index in [4.69, 9.17) is 10.5 Å². The number of anilines is 2. The molecule has 10 heteroatoms. The molecule has 0 unspecified atom stereocenters. The van der Waals surface area contributed by atoms with E-state index in [0.717, 1.165) is 19.0 Å². The fraction of sp³-hybridized carbons (Fsp3) is 0.444. The Balaban J connectivity index is 1.64. The molecule has 0 aliphatic carbocycles. The fourth-order valence-corrected chi connectivity index (χ4v) is 3.72. The minimum absolute atomic E-state index is 0.157. The van der Waals surface area contributed by atoms with Gasteiger partial charge in [0.1, 0.15) is 0 Å². The molecule has 0 spiro atoms. The molecule has 0 bridgehead atoms. The number of amides is 2. The predicted octanol–water partition coefficient (Wildman–Crippen LogP) is 1.35. The smallest absolute Gasteiger partial charge is 0.248 e. The Morgan fingerprint density at radius 3 is 2.54 bits per heavy atom. The van der Waals surface area contributed by atoms with E-state index in [1.54, 1.807) is 24.3 Å². The van der Waals surface area contributed by atoms with Crippen molar-refractivity contribution < 1.29 is 14.3 Å². The van der Waals surface area contributed by atoms with E-state index in [0.29, 0.717) is 36.2 Å². The van der Waals surface area contributed by atoms with Gasteiger partial charge in [0, 0.05) is 30.9 Å². The maximum absolute atomic E-state index is 12.5. The molecule has 3 rings (SSSR count). The molecule has 3 N–H and O–H groups in total. The summed E-state index contributed by atoms with van der Waals surface area (Å²) in [7, 11) is 0. The lowest BCUT2D eigenvalue weighted by molar-refractivity contribution is -0.115. The highest BCUT2D eigenvalue weighted by molar-refractivity contribution is 8.00. The van der Waals surface area contributed by atoms with Crippen LogP contribution in [0.25, 0.3) is 0 Å². The molecule has 2 aromatic rings. The topological polar surface area (TPSA) is 115 Å². The van der Waals surface area contributed by atoms with Gasteiger partial charge in [-0.25, -0.2) is 0 Å². The normalized spacial score (nSPS) is 15.3. The third-order valence-electron chi connectivity index (χ3n) is 4.40. The van der Waals surface area contributed by atoms with E-state index in [1.807, 2.05) is 18.4 Å². The highest BCUT2D eigenvalue weighted by Gasteiger charge is 2.23. The van der Waals surface area contributed by atoms with Crippen LogP contribution in [0.5, 0.6) is 0 Å². The summed E-state index contributed by atoms with van der Waals surface area (Å²) in [6.07, 6.45) is 0. The zero-order chi connectivity index (χ0) is 20.1. The Hall–Kier alpha value is -2.59. The first-order valence-electron chi connectivity index (χ1n) is 9.13. The zero-order valence-electron chi connectivity index (χ0n) is 15.9. The monoisotopic (exact) mass is 404 g/mol. The molecule has 2 heterocycles. The van der Waals surface area contributed by atoms with E-state index in [9.17, 15) is 9.59 Å². The second-order valence-electron chi connectivity index (χ2n) is 6.32. The van der Waals surface area contributed by atoms with E-state index in [-0.39, 0.29) is 11.2 Å². The van der Waals surface area contributed by atoms with Crippen molar-refractivity contribution in [2.45, 2.75) is 30.8 Å². The van der Waals surface area contributed by atoms with E-state index < -0.39 is 5.91 Å². The van der Waals surface area contributed by atoms with Crippen molar-refractivity contribution in [3.8, 4) is 0 Å². The second kappa shape index (κ2) is 9.07. The number of thioether (sulfide) groups is 1. The third-order valence-corrected chi connectivity index (χ3v) is 5.48. The van der Waals surface area contributed by atoms with Crippen molar-refractivity contribution >= 4 is 35.2 Å². The van der Waals surface area contributed by atoms with Crippen molar-refractivity contribution in [3.63, 3.8) is 0 Å². The molecular weight excluding hydrogens is 380 g/mol. The number of nitrogens with two attached hydrogens (primary N) is 1. The summed E-state index contributed by atoms with van der Waals surface area (Å²) in [6.45, 7) is 7.47. The zero-order valence-corrected chi connectivity index (χ0v) is 16.7. The first kappa shape index (κ1) is 20.2. The molecule has 1 aliphatic rings. The van der Waals surface area contributed by atoms with Crippen LogP contribution in [0, 0.1) is 0 Å². The van der Waals surface area contributed by atoms with Crippen LogP contribution in [-0.4, -0.2) is 58.1 Å². The first-order chi connectivity index (χ1) is 13.5. The van der Waals surface area contributed by atoms with Crippen LogP contribution in [0.2, 0.25) is 0 Å². The average molecular weight is 404 g/mol. The summed E-state index contributed by atoms with van der Waals surface area (Å²) in [5.74, 6) is 0.148. The van der Waals surface area contributed by atoms with Crippen LogP contribution >= 0.6 is 11.8 Å². The summed E-state index contributed by atoms with van der Waals surface area (Å²) >= 11 is 1.36. The van der Waals surface area contributed by atoms with Crippen molar-refractivity contribution in [2.24, 2.45) is 5.73 Å². The number of morpholine rings is 1. The number of nitrogens with one attached hydrogen (secondary N) is 1. The van der Waals surface area contributed by atoms with Gasteiger partial charge in [0.15, 0.2) is 5.16 Å². The molecule has 9 nitrogen and oxygen atoms in total. The standard InChI is InChI=1S/C18H24N6O3S/c1-3-24-17(23-8-10-27-11-9-23)21-22-18(24)28-12(2)16(26)20-14-6-4-13(5-7-14)15(19)25/h4-7,12H,3,8-11H2,1-2H3,(H2,19,25)(H,20,26)/t12-/m0/s1. The highest BCUT2D eigenvalue weighted by atomic mass is 32.2. The number of hydrogen-bond acceptors (Lipinski definition) is 7. The molecule has 1 aromatic carbocycles. The molecule has 28 heavy (non-hydrogen) atoms. The average Bonchev–Trinajstić information content (AvgIpc) is 3.11. The Morgan fingerprint density at radius 2 is 1.93 bits per heavy atom. The molecule has 0 saturated carbocycles. The molecule has 1 atom stereocenters.